The van der Waals surface area contributed by atoms with Gasteiger partial charge in [-0.2, -0.15) is 0 Å². The lowest BCUT2D eigenvalue weighted by molar-refractivity contribution is -0.135. The standard InChI is InChI=1S/C14H14BrN3O3/c15-10-1-2-12-11(7-10)14(20)18(9-16-12)8-13(19)17-3-5-21-6-4-17/h1-2,7,9H,3-6,8H2. The van der Waals surface area contributed by atoms with Crippen molar-refractivity contribution in [3.05, 3.63) is 39.4 Å². The molecular weight excluding hydrogens is 338 g/mol. The molecule has 2 aromatic rings. The van der Waals surface area contributed by atoms with E-state index in [1.165, 1.54) is 10.9 Å². The predicted octanol–water partition coefficient (Wildman–Crippen LogP) is 1.02. The van der Waals surface area contributed by atoms with Crippen molar-refractivity contribution >= 4 is 32.7 Å². The van der Waals surface area contributed by atoms with Crippen molar-refractivity contribution in [1.82, 2.24) is 14.5 Å². The van der Waals surface area contributed by atoms with Crippen LogP contribution in [-0.2, 0) is 16.1 Å². The van der Waals surface area contributed by atoms with Crippen molar-refractivity contribution in [3.8, 4) is 0 Å². The van der Waals surface area contributed by atoms with E-state index >= 15 is 0 Å². The lowest BCUT2D eigenvalue weighted by atomic mass is 10.2. The Morgan fingerprint density at radius 3 is 2.86 bits per heavy atom. The summed E-state index contributed by atoms with van der Waals surface area (Å²) in [7, 11) is 0. The fourth-order valence-electron chi connectivity index (χ4n) is 2.30. The Morgan fingerprint density at radius 2 is 2.10 bits per heavy atom. The van der Waals surface area contributed by atoms with Crippen molar-refractivity contribution in [2.75, 3.05) is 26.3 Å². The number of carbonyl (C=O) groups excluding carboxylic acids is 1. The van der Waals surface area contributed by atoms with Crippen LogP contribution < -0.4 is 5.56 Å². The van der Waals surface area contributed by atoms with E-state index in [9.17, 15) is 9.59 Å². The average molecular weight is 352 g/mol. The molecule has 0 saturated carbocycles. The van der Waals surface area contributed by atoms with Gasteiger partial charge in [0.05, 0.1) is 30.4 Å². The smallest absolute Gasteiger partial charge is 0.261 e. The number of morpholine rings is 1. The van der Waals surface area contributed by atoms with Crippen LogP contribution in [0.1, 0.15) is 0 Å². The largest absolute Gasteiger partial charge is 0.378 e. The SMILES string of the molecule is O=C(Cn1cnc2ccc(Br)cc2c1=O)N1CCOCC1. The third kappa shape index (κ3) is 2.98. The second kappa shape index (κ2) is 5.95. The number of hydrogen-bond donors (Lipinski definition) is 0. The molecule has 0 radical (unpaired) electrons. The van der Waals surface area contributed by atoms with Gasteiger partial charge in [-0.05, 0) is 18.2 Å². The van der Waals surface area contributed by atoms with Gasteiger partial charge in [-0.15, -0.1) is 0 Å². The van der Waals surface area contributed by atoms with Gasteiger partial charge in [0.15, 0.2) is 0 Å². The molecule has 0 aliphatic carbocycles. The van der Waals surface area contributed by atoms with E-state index in [0.717, 1.165) is 4.47 Å². The molecule has 1 fully saturated rings. The van der Waals surface area contributed by atoms with Gasteiger partial charge in [-0.3, -0.25) is 14.2 Å². The van der Waals surface area contributed by atoms with Crippen LogP contribution in [0.3, 0.4) is 0 Å². The highest BCUT2D eigenvalue weighted by molar-refractivity contribution is 9.10. The molecule has 0 atom stereocenters. The Kier molecular flexibility index (Phi) is 4.03. The minimum absolute atomic E-state index is 0.00822. The molecule has 1 aliphatic rings. The highest BCUT2D eigenvalue weighted by Crippen LogP contribution is 2.14. The van der Waals surface area contributed by atoms with E-state index in [-0.39, 0.29) is 18.0 Å². The van der Waals surface area contributed by atoms with E-state index < -0.39 is 0 Å². The van der Waals surface area contributed by atoms with Gasteiger partial charge in [0, 0.05) is 17.6 Å². The molecule has 6 nitrogen and oxygen atoms in total. The number of fused-ring (bicyclic) bond motifs is 1. The zero-order valence-corrected chi connectivity index (χ0v) is 12.9. The Hall–Kier alpha value is -1.73. The zero-order valence-electron chi connectivity index (χ0n) is 11.3. The van der Waals surface area contributed by atoms with Crippen LogP contribution >= 0.6 is 15.9 Å². The lowest BCUT2D eigenvalue weighted by Gasteiger charge is -2.27. The number of nitrogens with zero attached hydrogens (tertiary/aromatic N) is 3. The first kappa shape index (κ1) is 14.2. The van der Waals surface area contributed by atoms with Crippen molar-refractivity contribution in [2.24, 2.45) is 0 Å². The third-order valence-electron chi connectivity index (χ3n) is 3.46. The average Bonchev–Trinajstić information content (AvgIpc) is 2.51. The summed E-state index contributed by atoms with van der Waals surface area (Å²) in [5.74, 6) is -0.0865. The molecule has 0 spiro atoms. The van der Waals surface area contributed by atoms with E-state index in [1.54, 1.807) is 17.0 Å². The molecule has 0 N–H and O–H groups in total. The van der Waals surface area contributed by atoms with E-state index in [2.05, 4.69) is 20.9 Å². The fourth-order valence-corrected chi connectivity index (χ4v) is 2.66. The minimum atomic E-state index is -0.206. The summed E-state index contributed by atoms with van der Waals surface area (Å²) >= 11 is 3.34. The van der Waals surface area contributed by atoms with Gasteiger partial charge < -0.3 is 9.64 Å². The first-order valence-corrected chi connectivity index (χ1v) is 7.45. The summed E-state index contributed by atoms with van der Waals surface area (Å²) in [6, 6.07) is 5.33. The Morgan fingerprint density at radius 1 is 1.33 bits per heavy atom. The van der Waals surface area contributed by atoms with Crippen LogP contribution in [0, 0.1) is 0 Å². The number of aromatic nitrogens is 2. The summed E-state index contributed by atoms with van der Waals surface area (Å²) in [4.78, 5) is 30.5. The molecule has 0 bridgehead atoms. The topological polar surface area (TPSA) is 64.4 Å². The molecule has 0 unspecified atom stereocenters. The quantitative estimate of drug-likeness (QED) is 0.810. The summed E-state index contributed by atoms with van der Waals surface area (Å²) in [5, 5.41) is 0.502. The van der Waals surface area contributed by atoms with Crippen LogP contribution in [0.4, 0.5) is 0 Å². The summed E-state index contributed by atoms with van der Waals surface area (Å²) < 4.78 is 7.38. The van der Waals surface area contributed by atoms with Crippen molar-refractivity contribution in [3.63, 3.8) is 0 Å². The Labute approximate surface area is 129 Å². The van der Waals surface area contributed by atoms with Crippen LogP contribution in [0.25, 0.3) is 10.9 Å². The molecule has 2 heterocycles. The number of benzene rings is 1. The second-order valence-electron chi connectivity index (χ2n) is 4.83. The molecule has 1 amide bonds. The minimum Gasteiger partial charge on any atom is -0.378 e. The summed E-state index contributed by atoms with van der Waals surface area (Å²) in [5.41, 5.74) is 0.418. The summed E-state index contributed by atoms with van der Waals surface area (Å²) in [6.45, 7) is 2.24. The van der Waals surface area contributed by atoms with Crippen LogP contribution in [-0.4, -0.2) is 46.7 Å². The third-order valence-corrected chi connectivity index (χ3v) is 3.95. The van der Waals surface area contributed by atoms with Crippen LogP contribution in [0.5, 0.6) is 0 Å². The molecular formula is C14H14BrN3O3. The lowest BCUT2D eigenvalue weighted by Crippen LogP contribution is -2.43. The first-order chi connectivity index (χ1) is 10.1. The highest BCUT2D eigenvalue weighted by atomic mass is 79.9. The fraction of sp³-hybridized carbons (Fsp3) is 0.357. The monoisotopic (exact) mass is 351 g/mol. The zero-order chi connectivity index (χ0) is 14.8. The van der Waals surface area contributed by atoms with Crippen molar-refractivity contribution < 1.29 is 9.53 Å². The molecule has 1 saturated heterocycles. The van der Waals surface area contributed by atoms with Crippen molar-refractivity contribution in [2.45, 2.75) is 6.54 Å². The number of halogens is 1. The molecule has 21 heavy (non-hydrogen) atoms. The second-order valence-corrected chi connectivity index (χ2v) is 5.75. The predicted molar refractivity (Wildman–Crippen MR) is 81.1 cm³/mol. The van der Waals surface area contributed by atoms with E-state index in [0.29, 0.717) is 37.2 Å². The Balaban J connectivity index is 1.88. The van der Waals surface area contributed by atoms with Crippen molar-refractivity contribution in [1.29, 1.82) is 0 Å². The van der Waals surface area contributed by atoms with Gasteiger partial charge in [0.2, 0.25) is 5.91 Å². The molecule has 7 heteroatoms. The van der Waals surface area contributed by atoms with Gasteiger partial charge in [0.1, 0.15) is 6.54 Å². The Bertz CT molecular complexity index is 738. The number of ether oxygens (including phenoxy) is 1. The maximum absolute atomic E-state index is 12.4. The summed E-state index contributed by atoms with van der Waals surface area (Å²) in [6.07, 6.45) is 1.43. The number of hydrogen-bond acceptors (Lipinski definition) is 4. The van der Waals surface area contributed by atoms with Gasteiger partial charge in [-0.25, -0.2) is 4.98 Å². The normalized spacial score (nSPS) is 15.4. The van der Waals surface area contributed by atoms with Gasteiger partial charge >= 0.3 is 0 Å². The van der Waals surface area contributed by atoms with E-state index in [4.69, 9.17) is 4.74 Å². The highest BCUT2D eigenvalue weighted by Gasteiger charge is 2.18. The number of amides is 1. The number of carbonyl (C=O) groups is 1. The number of rotatable bonds is 2. The van der Waals surface area contributed by atoms with Gasteiger partial charge in [0.25, 0.3) is 5.56 Å². The molecule has 1 aromatic carbocycles. The first-order valence-electron chi connectivity index (χ1n) is 6.65. The van der Waals surface area contributed by atoms with Crippen LogP contribution in [0.15, 0.2) is 33.8 Å². The van der Waals surface area contributed by atoms with E-state index in [1.807, 2.05) is 6.07 Å². The molecule has 3 rings (SSSR count). The van der Waals surface area contributed by atoms with Gasteiger partial charge in [-0.1, -0.05) is 15.9 Å². The van der Waals surface area contributed by atoms with Crippen LogP contribution in [0.2, 0.25) is 0 Å². The maximum Gasteiger partial charge on any atom is 0.261 e. The molecule has 110 valence electrons. The molecule has 1 aromatic heterocycles. The maximum atomic E-state index is 12.4. The molecule has 1 aliphatic heterocycles.